The summed E-state index contributed by atoms with van der Waals surface area (Å²) in [5, 5.41) is 10.3. The monoisotopic (exact) mass is 341 g/mol. The van der Waals surface area contributed by atoms with Gasteiger partial charge in [0.15, 0.2) is 5.69 Å². The number of carbonyl (C=O) groups is 1. The normalized spacial score (nSPS) is 10.5. The molecule has 1 heterocycles. The summed E-state index contributed by atoms with van der Waals surface area (Å²) in [6, 6.07) is 13.3. The number of aromatic nitrogens is 3. The maximum Gasteiger partial charge on any atom is 0.361 e. The van der Waals surface area contributed by atoms with Crippen LogP contribution >= 0.6 is 0 Å². The van der Waals surface area contributed by atoms with Crippen molar-refractivity contribution in [2.24, 2.45) is 0 Å². The molecule has 1 N–H and O–H groups in total. The van der Waals surface area contributed by atoms with Crippen LogP contribution in [0.2, 0.25) is 0 Å². The van der Waals surface area contributed by atoms with Gasteiger partial charge in [-0.05, 0) is 30.7 Å². The molecular formula is C18H16FN3O3. The van der Waals surface area contributed by atoms with Crippen molar-refractivity contribution in [3.63, 3.8) is 0 Å². The second kappa shape index (κ2) is 7.57. The maximum absolute atomic E-state index is 13.2. The van der Waals surface area contributed by atoms with Gasteiger partial charge in [0.05, 0.1) is 6.61 Å². The number of H-pyrrole nitrogens is 1. The molecular weight excluding hydrogens is 325 g/mol. The number of halogens is 1. The summed E-state index contributed by atoms with van der Waals surface area (Å²) in [7, 11) is 0. The number of aromatic amines is 1. The van der Waals surface area contributed by atoms with Crippen LogP contribution in [-0.4, -0.2) is 28.0 Å². The third kappa shape index (κ3) is 4.00. The standard InChI is InChI=1S/C18H16FN3O3/c1-2-24-18(23)17-16(20-22-21-17)13-6-3-5-12(9-13)11-25-15-8-4-7-14(19)10-15/h3-10H,2,11H2,1H3,(H,20,21,22). The molecule has 3 aromatic rings. The van der Waals surface area contributed by atoms with E-state index in [2.05, 4.69) is 15.4 Å². The zero-order valence-electron chi connectivity index (χ0n) is 13.5. The maximum atomic E-state index is 13.2. The van der Waals surface area contributed by atoms with E-state index in [4.69, 9.17) is 9.47 Å². The van der Waals surface area contributed by atoms with Crippen LogP contribution in [0.15, 0.2) is 48.5 Å². The van der Waals surface area contributed by atoms with Crippen LogP contribution in [0.25, 0.3) is 11.3 Å². The van der Waals surface area contributed by atoms with E-state index in [0.717, 1.165) is 5.56 Å². The van der Waals surface area contributed by atoms with Crippen LogP contribution in [-0.2, 0) is 11.3 Å². The molecule has 0 amide bonds. The second-order valence-electron chi connectivity index (χ2n) is 5.19. The van der Waals surface area contributed by atoms with Crippen molar-refractivity contribution in [3.05, 3.63) is 65.6 Å². The number of nitrogens with one attached hydrogen (secondary N) is 1. The van der Waals surface area contributed by atoms with Gasteiger partial charge in [-0.3, -0.25) is 0 Å². The Labute approximate surface area is 143 Å². The second-order valence-corrected chi connectivity index (χ2v) is 5.19. The molecule has 3 rings (SSSR count). The van der Waals surface area contributed by atoms with Crippen molar-refractivity contribution in [1.29, 1.82) is 0 Å². The van der Waals surface area contributed by atoms with Crippen LogP contribution < -0.4 is 4.74 Å². The Morgan fingerprint density at radius 2 is 2.00 bits per heavy atom. The number of hydrogen-bond donors (Lipinski definition) is 1. The van der Waals surface area contributed by atoms with E-state index in [1.165, 1.54) is 12.1 Å². The minimum atomic E-state index is -0.535. The topological polar surface area (TPSA) is 77.1 Å². The molecule has 0 aliphatic carbocycles. The van der Waals surface area contributed by atoms with E-state index in [9.17, 15) is 9.18 Å². The molecule has 0 radical (unpaired) electrons. The van der Waals surface area contributed by atoms with Crippen molar-refractivity contribution in [1.82, 2.24) is 15.4 Å². The van der Waals surface area contributed by atoms with Gasteiger partial charge >= 0.3 is 5.97 Å². The zero-order valence-corrected chi connectivity index (χ0v) is 13.5. The van der Waals surface area contributed by atoms with Crippen molar-refractivity contribution in [2.45, 2.75) is 13.5 Å². The van der Waals surface area contributed by atoms with E-state index in [1.54, 1.807) is 19.1 Å². The van der Waals surface area contributed by atoms with Crippen LogP contribution in [0.5, 0.6) is 5.75 Å². The Hall–Kier alpha value is -3.22. The lowest BCUT2D eigenvalue weighted by Crippen LogP contribution is -2.07. The first-order valence-electron chi connectivity index (χ1n) is 7.73. The summed E-state index contributed by atoms with van der Waals surface area (Å²) in [5.74, 6) is -0.445. The molecule has 0 saturated carbocycles. The minimum Gasteiger partial charge on any atom is -0.489 e. The third-order valence-corrected chi connectivity index (χ3v) is 3.42. The molecule has 0 aliphatic heterocycles. The van der Waals surface area contributed by atoms with Crippen LogP contribution in [0.3, 0.4) is 0 Å². The summed E-state index contributed by atoms with van der Waals surface area (Å²) >= 11 is 0. The van der Waals surface area contributed by atoms with Gasteiger partial charge in [0.2, 0.25) is 0 Å². The fourth-order valence-corrected chi connectivity index (χ4v) is 2.31. The highest BCUT2D eigenvalue weighted by molar-refractivity contribution is 5.93. The Morgan fingerprint density at radius 3 is 2.80 bits per heavy atom. The van der Waals surface area contributed by atoms with Gasteiger partial charge < -0.3 is 9.47 Å². The number of carbonyl (C=O) groups excluding carboxylic acids is 1. The van der Waals surface area contributed by atoms with E-state index in [1.807, 2.05) is 24.3 Å². The lowest BCUT2D eigenvalue weighted by molar-refractivity contribution is 0.0520. The number of benzene rings is 2. The first-order chi connectivity index (χ1) is 12.2. The predicted molar refractivity (Wildman–Crippen MR) is 88.5 cm³/mol. The molecule has 0 unspecified atom stereocenters. The van der Waals surface area contributed by atoms with Crippen molar-refractivity contribution in [3.8, 4) is 17.0 Å². The first kappa shape index (κ1) is 16.6. The average molecular weight is 341 g/mol. The van der Waals surface area contributed by atoms with Crippen molar-refractivity contribution in [2.75, 3.05) is 6.61 Å². The molecule has 2 aromatic carbocycles. The SMILES string of the molecule is CCOC(=O)c1n[nH]nc1-c1cccc(COc2cccc(F)c2)c1. The predicted octanol–water partition coefficient (Wildman–Crippen LogP) is 3.37. The van der Waals surface area contributed by atoms with E-state index in [0.29, 0.717) is 17.0 Å². The highest BCUT2D eigenvalue weighted by atomic mass is 19.1. The summed E-state index contributed by atoms with van der Waals surface area (Å²) in [4.78, 5) is 11.9. The summed E-state index contributed by atoms with van der Waals surface area (Å²) < 4.78 is 23.7. The van der Waals surface area contributed by atoms with E-state index >= 15 is 0 Å². The highest BCUT2D eigenvalue weighted by Gasteiger charge is 2.19. The fraction of sp³-hybridized carbons (Fsp3) is 0.167. The highest BCUT2D eigenvalue weighted by Crippen LogP contribution is 2.22. The number of esters is 1. The Kier molecular flexibility index (Phi) is 5.03. The molecule has 7 heteroatoms. The molecule has 0 spiro atoms. The quantitative estimate of drug-likeness (QED) is 0.696. The molecule has 0 fully saturated rings. The molecule has 0 atom stereocenters. The first-order valence-corrected chi connectivity index (χ1v) is 7.73. The summed E-state index contributed by atoms with van der Waals surface area (Å²) in [6.07, 6.45) is 0. The molecule has 0 aliphatic rings. The van der Waals surface area contributed by atoms with Gasteiger partial charge in [0, 0.05) is 11.6 Å². The van der Waals surface area contributed by atoms with Crippen LogP contribution in [0.4, 0.5) is 4.39 Å². The fourth-order valence-electron chi connectivity index (χ4n) is 2.31. The lowest BCUT2D eigenvalue weighted by atomic mass is 10.1. The van der Waals surface area contributed by atoms with E-state index < -0.39 is 5.97 Å². The van der Waals surface area contributed by atoms with Gasteiger partial charge in [-0.15, -0.1) is 5.10 Å². The zero-order chi connectivity index (χ0) is 17.6. The van der Waals surface area contributed by atoms with Gasteiger partial charge in [0.25, 0.3) is 0 Å². The largest absolute Gasteiger partial charge is 0.489 e. The Morgan fingerprint density at radius 1 is 1.16 bits per heavy atom. The average Bonchev–Trinajstić information content (AvgIpc) is 3.10. The van der Waals surface area contributed by atoms with Gasteiger partial charge in [-0.1, -0.05) is 24.3 Å². The van der Waals surface area contributed by atoms with Gasteiger partial charge in [-0.25, -0.2) is 9.18 Å². The van der Waals surface area contributed by atoms with Crippen LogP contribution in [0, 0.1) is 5.82 Å². The molecule has 0 bridgehead atoms. The Bertz CT molecular complexity index is 879. The van der Waals surface area contributed by atoms with Crippen LogP contribution in [0.1, 0.15) is 23.0 Å². The molecule has 128 valence electrons. The summed E-state index contributed by atoms with van der Waals surface area (Å²) in [6.45, 7) is 2.23. The number of ether oxygens (including phenoxy) is 2. The van der Waals surface area contributed by atoms with Crippen molar-refractivity contribution >= 4 is 5.97 Å². The van der Waals surface area contributed by atoms with Gasteiger partial charge in [-0.2, -0.15) is 10.3 Å². The molecule has 6 nitrogen and oxygen atoms in total. The van der Waals surface area contributed by atoms with Crippen molar-refractivity contribution < 1.29 is 18.7 Å². The lowest BCUT2D eigenvalue weighted by Gasteiger charge is -2.08. The smallest absolute Gasteiger partial charge is 0.361 e. The summed E-state index contributed by atoms with van der Waals surface area (Å²) in [5.41, 5.74) is 2.09. The number of rotatable bonds is 6. The minimum absolute atomic E-state index is 0.130. The number of nitrogens with zero attached hydrogens (tertiary/aromatic N) is 2. The molecule has 1 aromatic heterocycles. The third-order valence-electron chi connectivity index (χ3n) is 3.42. The van der Waals surface area contributed by atoms with Gasteiger partial charge in [0.1, 0.15) is 23.9 Å². The Balaban J connectivity index is 1.78. The molecule has 0 saturated heterocycles. The van der Waals surface area contributed by atoms with E-state index in [-0.39, 0.29) is 24.7 Å². The number of hydrogen-bond acceptors (Lipinski definition) is 5. The molecule has 25 heavy (non-hydrogen) atoms.